The maximum absolute atomic E-state index is 11.8. The van der Waals surface area contributed by atoms with Crippen molar-refractivity contribution in [2.45, 2.75) is 0 Å². The molecule has 7 heteroatoms. The Hall–Kier alpha value is -1.53. The van der Waals surface area contributed by atoms with Gasteiger partial charge in [0, 0.05) is 19.2 Å². The molecule has 0 aliphatic rings. The average molecular weight is 303 g/mol. The van der Waals surface area contributed by atoms with E-state index in [1.165, 1.54) is 25.2 Å². The normalized spacial score (nSPS) is 10.9. The summed E-state index contributed by atoms with van der Waals surface area (Å²) in [5.41, 5.74) is 0.590. The third-order valence-corrected chi connectivity index (χ3v) is 3.96. The minimum atomic E-state index is -3.44. The number of halogens is 1. The average Bonchev–Trinajstić information content (AvgIpc) is 2.34. The summed E-state index contributed by atoms with van der Waals surface area (Å²) < 4.78 is 24.0. The van der Waals surface area contributed by atoms with E-state index in [-0.39, 0.29) is 16.6 Å². The molecule has 1 aromatic rings. The van der Waals surface area contributed by atoms with E-state index >= 15 is 0 Å². The molecular weight excluding hydrogens is 288 g/mol. The van der Waals surface area contributed by atoms with Gasteiger partial charge >= 0.3 is 0 Å². The number of anilines is 1. The number of nitrogens with zero attached hydrogens (tertiary/aromatic N) is 1. The van der Waals surface area contributed by atoms with Crippen molar-refractivity contribution in [3.05, 3.63) is 41.4 Å². The fourth-order valence-corrected chi connectivity index (χ4v) is 2.14. The van der Waals surface area contributed by atoms with E-state index in [0.29, 0.717) is 12.1 Å². The van der Waals surface area contributed by atoms with Gasteiger partial charge in [0.1, 0.15) is 0 Å². The summed E-state index contributed by atoms with van der Waals surface area (Å²) in [5.74, 6) is -0.320. The number of hydrogen-bond acceptors (Lipinski definition) is 3. The van der Waals surface area contributed by atoms with Gasteiger partial charge in [0.15, 0.2) is 0 Å². The van der Waals surface area contributed by atoms with Crippen LogP contribution in [0.2, 0.25) is 5.02 Å². The molecular formula is C12H15ClN2O3S. The Balaban J connectivity index is 3.14. The molecule has 104 valence electrons. The largest absolute Gasteiger partial charge is 0.349 e. The third kappa shape index (κ3) is 3.97. The molecule has 0 aromatic heterocycles. The Kier molecular flexibility index (Phi) is 4.97. The fourth-order valence-electron chi connectivity index (χ4n) is 1.34. The topological polar surface area (TPSA) is 66.5 Å². The molecule has 1 amide bonds. The number of carbonyl (C=O) groups is 1. The van der Waals surface area contributed by atoms with Gasteiger partial charge in [-0.3, -0.25) is 9.10 Å². The van der Waals surface area contributed by atoms with Crippen molar-refractivity contribution in [1.29, 1.82) is 0 Å². The van der Waals surface area contributed by atoms with Gasteiger partial charge in [-0.05, 0) is 18.2 Å². The molecule has 0 unspecified atom stereocenters. The fraction of sp³-hybridized carbons (Fsp3) is 0.250. The van der Waals surface area contributed by atoms with Gasteiger partial charge in [-0.25, -0.2) is 8.42 Å². The highest BCUT2D eigenvalue weighted by Gasteiger charge is 2.17. The number of hydrogen-bond donors (Lipinski definition) is 1. The minimum Gasteiger partial charge on any atom is -0.349 e. The maximum atomic E-state index is 11.8. The molecule has 0 atom stereocenters. The summed E-state index contributed by atoms with van der Waals surface area (Å²) in [6, 6.07) is 4.45. The summed E-state index contributed by atoms with van der Waals surface area (Å²) in [5, 5.41) is 2.86. The molecule has 0 bridgehead atoms. The second-order valence-electron chi connectivity index (χ2n) is 3.90. The van der Waals surface area contributed by atoms with Gasteiger partial charge in [-0.15, -0.1) is 6.58 Å². The lowest BCUT2D eigenvalue weighted by Gasteiger charge is -2.18. The first-order valence-corrected chi connectivity index (χ1v) is 7.62. The van der Waals surface area contributed by atoms with Gasteiger partial charge in [-0.1, -0.05) is 17.7 Å². The molecule has 1 rings (SSSR count). The highest BCUT2D eigenvalue weighted by Crippen LogP contribution is 2.27. The summed E-state index contributed by atoms with van der Waals surface area (Å²) in [7, 11) is -2.06. The number of nitrogens with one attached hydrogen (secondary N) is 1. The van der Waals surface area contributed by atoms with Crippen molar-refractivity contribution < 1.29 is 13.2 Å². The van der Waals surface area contributed by atoms with E-state index in [1.54, 1.807) is 6.08 Å². The first-order valence-electron chi connectivity index (χ1n) is 5.40. The van der Waals surface area contributed by atoms with Crippen molar-refractivity contribution in [2.24, 2.45) is 0 Å². The lowest BCUT2D eigenvalue weighted by atomic mass is 10.2. The molecule has 0 radical (unpaired) electrons. The molecule has 1 aromatic carbocycles. The molecule has 0 aliphatic carbocycles. The quantitative estimate of drug-likeness (QED) is 0.841. The van der Waals surface area contributed by atoms with Crippen molar-refractivity contribution in [2.75, 3.05) is 24.2 Å². The Morgan fingerprint density at radius 1 is 1.53 bits per heavy atom. The Bertz CT molecular complexity index is 599. The van der Waals surface area contributed by atoms with Crippen molar-refractivity contribution in [3.63, 3.8) is 0 Å². The van der Waals surface area contributed by atoms with E-state index in [4.69, 9.17) is 11.6 Å². The molecule has 19 heavy (non-hydrogen) atoms. The van der Waals surface area contributed by atoms with Crippen LogP contribution in [0.5, 0.6) is 0 Å². The Morgan fingerprint density at radius 3 is 2.68 bits per heavy atom. The van der Waals surface area contributed by atoms with Crippen LogP contribution in [0.15, 0.2) is 30.9 Å². The van der Waals surface area contributed by atoms with Gasteiger partial charge in [-0.2, -0.15) is 0 Å². The minimum absolute atomic E-state index is 0.258. The molecule has 1 N–H and O–H groups in total. The third-order valence-electron chi connectivity index (χ3n) is 2.45. The highest BCUT2D eigenvalue weighted by atomic mass is 35.5. The monoisotopic (exact) mass is 302 g/mol. The first-order chi connectivity index (χ1) is 8.77. The first kappa shape index (κ1) is 15.5. The second-order valence-corrected chi connectivity index (χ2v) is 6.32. The van der Waals surface area contributed by atoms with Crippen LogP contribution in [0.4, 0.5) is 5.69 Å². The van der Waals surface area contributed by atoms with Gasteiger partial charge in [0.2, 0.25) is 10.0 Å². The molecule has 0 spiro atoms. The standard InChI is InChI=1S/C12H15ClN2O3S/c1-4-7-14-12(16)9-5-6-10(13)11(8-9)15(2)19(3,17)18/h4-6,8H,1,7H2,2-3H3,(H,14,16). The van der Waals surface area contributed by atoms with Crippen LogP contribution in [0.1, 0.15) is 10.4 Å². The SMILES string of the molecule is C=CCNC(=O)c1ccc(Cl)c(N(C)S(C)(=O)=O)c1. The van der Waals surface area contributed by atoms with Crippen LogP contribution in [-0.2, 0) is 10.0 Å². The van der Waals surface area contributed by atoms with E-state index in [2.05, 4.69) is 11.9 Å². The van der Waals surface area contributed by atoms with Gasteiger partial charge < -0.3 is 5.32 Å². The lowest BCUT2D eigenvalue weighted by molar-refractivity contribution is 0.0958. The smallest absolute Gasteiger partial charge is 0.251 e. The van der Waals surface area contributed by atoms with E-state index in [9.17, 15) is 13.2 Å². The lowest BCUT2D eigenvalue weighted by Crippen LogP contribution is -2.27. The zero-order valence-corrected chi connectivity index (χ0v) is 12.3. The van der Waals surface area contributed by atoms with E-state index in [1.807, 2.05) is 0 Å². The number of carbonyl (C=O) groups excluding carboxylic acids is 1. The van der Waals surface area contributed by atoms with E-state index in [0.717, 1.165) is 10.6 Å². The highest BCUT2D eigenvalue weighted by molar-refractivity contribution is 7.92. The number of amides is 1. The van der Waals surface area contributed by atoms with Crippen LogP contribution in [-0.4, -0.2) is 34.2 Å². The molecule has 0 aliphatic heterocycles. The Labute approximate surface area is 117 Å². The zero-order valence-electron chi connectivity index (χ0n) is 10.7. The molecule has 5 nitrogen and oxygen atoms in total. The van der Waals surface area contributed by atoms with Crippen LogP contribution in [0.3, 0.4) is 0 Å². The zero-order chi connectivity index (χ0) is 14.6. The number of benzene rings is 1. The van der Waals surface area contributed by atoms with Crippen LogP contribution < -0.4 is 9.62 Å². The Morgan fingerprint density at radius 2 is 2.16 bits per heavy atom. The maximum Gasteiger partial charge on any atom is 0.251 e. The molecule has 0 saturated heterocycles. The summed E-state index contributed by atoms with van der Waals surface area (Å²) in [6.45, 7) is 3.83. The van der Waals surface area contributed by atoms with Crippen molar-refractivity contribution in [1.82, 2.24) is 5.32 Å². The van der Waals surface area contributed by atoms with Gasteiger partial charge in [0.25, 0.3) is 5.91 Å². The number of rotatable bonds is 5. The van der Waals surface area contributed by atoms with Crippen molar-refractivity contribution in [3.8, 4) is 0 Å². The summed E-state index contributed by atoms with van der Waals surface area (Å²) in [4.78, 5) is 11.8. The van der Waals surface area contributed by atoms with Crippen molar-refractivity contribution >= 4 is 33.2 Å². The molecule has 0 fully saturated rings. The summed E-state index contributed by atoms with van der Waals surface area (Å²) in [6.07, 6.45) is 2.62. The van der Waals surface area contributed by atoms with Gasteiger partial charge in [0.05, 0.1) is 17.0 Å². The van der Waals surface area contributed by atoms with Crippen LogP contribution in [0, 0.1) is 0 Å². The van der Waals surface area contributed by atoms with Crippen LogP contribution >= 0.6 is 11.6 Å². The van der Waals surface area contributed by atoms with Crippen LogP contribution in [0.25, 0.3) is 0 Å². The predicted octanol–water partition coefficient (Wildman–Crippen LogP) is 1.65. The molecule has 0 saturated carbocycles. The molecule has 0 heterocycles. The predicted molar refractivity (Wildman–Crippen MR) is 77.2 cm³/mol. The van der Waals surface area contributed by atoms with E-state index < -0.39 is 10.0 Å². The number of sulfonamides is 1. The second kappa shape index (κ2) is 6.08. The summed E-state index contributed by atoms with van der Waals surface area (Å²) >= 11 is 5.95.